The molecule has 0 aromatic carbocycles. The minimum atomic E-state index is -1.30. The second kappa shape index (κ2) is 10.4. The molecule has 1 atom stereocenters. The maximum Gasteiger partial charge on any atom is 0.409 e. The Morgan fingerprint density at radius 1 is 1.20 bits per heavy atom. The molecular formula is C12H27N5O3. The maximum absolute atomic E-state index is 11.7. The molecule has 0 saturated carbocycles. The van der Waals surface area contributed by atoms with Gasteiger partial charge in [-0.05, 0) is 38.9 Å². The van der Waals surface area contributed by atoms with E-state index in [0.29, 0.717) is 45.3 Å². The zero-order valence-electron chi connectivity index (χ0n) is 12.1. The first kappa shape index (κ1) is 18.6. The lowest BCUT2D eigenvalue weighted by atomic mass is 10.0. The van der Waals surface area contributed by atoms with Gasteiger partial charge in [-0.3, -0.25) is 15.4 Å². The first-order valence-corrected chi connectivity index (χ1v) is 6.92. The van der Waals surface area contributed by atoms with Crippen LogP contribution < -0.4 is 27.8 Å². The van der Waals surface area contributed by atoms with Crippen molar-refractivity contribution in [1.82, 2.24) is 10.6 Å². The van der Waals surface area contributed by atoms with Gasteiger partial charge < -0.3 is 21.9 Å². The third kappa shape index (κ3) is 6.69. The van der Waals surface area contributed by atoms with Crippen LogP contribution in [0.2, 0.25) is 0 Å². The molecule has 0 aliphatic carbocycles. The minimum Gasteiger partial charge on any atom is -0.449 e. The van der Waals surface area contributed by atoms with Gasteiger partial charge in [0.25, 0.3) is 5.91 Å². The molecule has 20 heavy (non-hydrogen) atoms. The van der Waals surface area contributed by atoms with Crippen molar-refractivity contribution in [3.63, 3.8) is 0 Å². The highest BCUT2D eigenvalue weighted by atomic mass is 16.5. The third-order valence-corrected chi connectivity index (χ3v) is 2.75. The quantitative estimate of drug-likeness (QED) is 0.243. The minimum absolute atomic E-state index is 0.200. The van der Waals surface area contributed by atoms with E-state index in [1.165, 1.54) is 0 Å². The number of nitrogens with one attached hydrogen (secondary N) is 2. The van der Waals surface area contributed by atoms with Crippen LogP contribution in [0, 0.1) is 0 Å². The first-order chi connectivity index (χ1) is 9.52. The van der Waals surface area contributed by atoms with Crippen LogP contribution in [0.15, 0.2) is 0 Å². The SMILES string of the molecule is CCCC(NCCCN)(NC(=O)OCCCN)C(N)=O. The average molecular weight is 289 g/mol. The molecule has 8 N–H and O–H groups in total. The Kier molecular flexibility index (Phi) is 9.69. The fourth-order valence-electron chi connectivity index (χ4n) is 1.70. The summed E-state index contributed by atoms with van der Waals surface area (Å²) >= 11 is 0. The van der Waals surface area contributed by atoms with Crippen LogP contribution in [0.25, 0.3) is 0 Å². The smallest absolute Gasteiger partial charge is 0.409 e. The highest BCUT2D eigenvalue weighted by molar-refractivity contribution is 5.88. The molecule has 8 heteroatoms. The summed E-state index contributed by atoms with van der Waals surface area (Å²) in [5.41, 5.74) is 14.8. The van der Waals surface area contributed by atoms with Crippen LogP contribution in [-0.2, 0) is 9.53 Å². The van der Waals surface area contributed by atoms with Crippen LogP contribution in [-0.4, -0.2) is 43.9 Å². The summed E-state index contributed by atoms with van der Waals surface area (Å²) in [7, 11) is 0. The van der Waals surface area contributed by atoms with E-state index in [1.54, 1.807) is 0 Å². The Labute approximate surface area is 119 Å². The second-order valence-electron chi connectivity index (χ2n) is 4.49. The van der Waals surface area contributed by atoms with Crippen molar-refractivity contribution in [2.75, 3.05) is 26.2 Å². The van der Waals surface area contributed by atoms with Gasteiger partial charge in [-0.15, -0.1) is 0 Å². The molecule has 0 aromatic rings. The molecule has 0 spiro atoms. The van der Waals surface area contributed by atoms with E-state index < -0.39 is 17.7 Å². The molecule has 0 saturated heterocycles. The van der Waals surface area contributed by atoms with Crippen molar-refractivity contribution in [1.29, 1.82) is 0 Å². The van der Waals surface area contributed by atoms with Gasteiger partial charge in [0.05, 0.1) is 6.61 Å². The van der Waals surface area contributed by atoms with Crippen molar-refractivity contribution in [3.8, 4) is 0 Å². The number of carbonyl (C=O) groups excluding carboxylic acids is 2. The van der Waals surface area contributed by atoms with Gasteiger partial charge in [0.1, 0.15) is 0 Å². The maximum atomic E-state index is 11.7. The van der Waals surface area contributed by atoms with Crippen molar-refractivity contribution < 1.29 is 14.3 Å². The van der Waals surface area contributed by atoms with Gasteiger partial charge in [0.2, 0.25) is 0 Å². The summed E-state index contributed by atoms with van der Waals surface area (Å²) in [4.78, 5) is 23.4. The number of rotatable bonds is 11. The van der Waals surface area contributed by atoms with Crippen LogP contribution in [0.5, 0.6) is 0 Å². The predicted molar refractivity (Wildman–Crippen MR) is 76.7 cm³/mol. The van der Waals surface area contributed by atoms with E-state index in [9.17, 15) is 9.59 Å². The molecule has 8 nitrogen and oxygen atoms in total. The van der Waals surface area contributed by atoms with Crippen molar-refractivity contribution in [2.24, 2.45) is 17.2 Å². The Hall–Kier alpha value is -1.38. The van der Waals surface area contributed by atoms with E-state index >= 15 is 0 Å². The van der Waals surface area contributed by atoms with Gasteiger partial charge >= 0.3 is 6.09 Å². The fourth-order valence-corrected chi connectivity index (χ4v) is 1.70. The number of primary amides is 1. The van der Waals surface area contributed by atoms with Crippen molar-refractivity contribution in [2.45, 2.75) is 38.3 Å². The van der Waals surface area contributed by atoms with E-state index in [0.717, 1.165) is 0 Å². The van der Waals surface area contributed by atoms with Crippen molar-refractivity contribution in [3.05, 3.63) is 0 Å². The standard InChI is InChI=1S/C12H27N5O3/c1-2-5-12(10(15)18,16-8-3-6-13)17-11(19)20-9-4-7-14/h16H,2-9,13-14H2,1H3,(H2,15,18)(H,17,19). The summed E-state index contributed by atoms with van der Waals surface area (Å²) in [5, 5.41) is 5.48. The topological polar surface area (TPSA) is 145 Å². The average Bonchev–Trinajstić information content (AvgIpc) is 2.39. The second-order valence-corrected chi connectivity index (χ2v) is 4.49. The Balaban J connectivity index is 4.63. The molecule has 0 radical (unpaired) electrons. The van der Waals surface area contributed by atoms with E-state index in [1.807, 2.05) is 6.92 Å². The van der Waals surface area contributed by atoms with Crippen LogP contribution in [0.3, 0.4) is 0 Å². The highest BCUT2D eigenvalue weighted by Crippen LogP contribution is 2.10. The largest absolute Gasteiger partial charge is 0.449 e. The number of carbonyl (C=O) groups is 2. The van der Waals surface area contributed by atoms with Crippen LogP contribution in [0.4, 0.5) is 4.79 Å². The molecule has 1 unspecified atom stereocenters. The lowest BCUT2D eigenvalue weighted by Gasteiger charge is -2.32. The van der Waals surface area contributed by atoms with Crippen molar-refractivity contribution >= 4 is 12.0 Å². The zero-order chi connectivity index (χ0) is 15.4. The van der Waals surface area contributed by atoms with E-state index in [2.05, 4.69) is 10.6 Å². The van der Waals surface area contributed by atoms with Gasteiger partial charge in [-0.2, -0.15) is 0 Å². The zero-order valence-corrected chi connectivity index (χ0v) is 12.1. The summed E-state index contributed by atoms with van der Waals surface area (Å²) in [5.74, 6) is -0.646. The molecule has 2 amide bonds. The third-order valence-electron chi connectivity index (χ3n) is 2.75. The number of alkyl carbamates (subject to hydrolysis) is 1. The number of amides is 2. The molecule has 0 heterocycles. The van der Waals surface area contributed by atoms with Gasteiger partial charge in [-0.25, -0.2) is 4.79 Å². The molecule has 0 aromatic heterocycles. The lowest BCUT2D eigenvalue weighted by Crippen LogP contribution is -2.66. The number of hydrogen-bond donors (Lipinski definition) is 5. The molecule has 0 aliphatic rings. The summed E-state index contributed by atoms with van der Waals surface area (Å²) in [6.45, 7) is 3.48. The lowest BCUT2D eigenvalue weighted by molar-refractivity contribution is -0.126. The monoisotopic (exact) mass is 289 g/mol. The van der Waals surface area contributed by atoms with E-state index in [-0.39, 0.29) is 6.61 Å². The number of ether oxygens (including phenoxy) is 1. The summed E-state index contributed by atoms with van der Waals surface area (Å²) < 4.78 is 4.94. The molecule has 0 aliphatic heterocycles. The molecular weight excluding hydrogens is 262 g/mol. The molecule has 0 rings (SSSR count). The number of nitrogens with two attached hydrogens (primary N) is 3. The Bertz CT molecular complexity index is 301. The summed E-state index contributed by atoms with van der Waals surface area (Å²) in [6.07, 6.45) is 1.58. The summed E-state index contributed by atoms with van der Waals surface area (Å²) in [6, 6.07) is 0. The molecule has 0 bridgehead atoms. The van der Waals surface area contributed by atoms with Gasteiger partial charge in [0.15, 0.2) is 5.66 Å². The van der Waals surface area contributed by atoms with Gasteiger partial charge in [-0.1, -0.05) is 13.3 Å². The fraction of sp³-hybridized carbons (Fsp3) is 0.833. The van der Waals surface area contributed by atoms with Gasteiger partial charge in [0, 0.05) is 0 Å². The first-order valence-electron chi connectivity index (χ1n) is 6.92. The molecule has 118 valence electrons. The highest BCUT2D eigenvalue weighted by Gasteiger charge is 2.37. The molecule has 0 fully saturated rings. The number of hydrogen-bond acceptors (Lipinski definition) is 6. The normalized spacial score (nSPS) is 13.6. The Morgan fingerprint density at radius 3 is 2.35 bits per heavy atom. The predicted octanol–water partition coefficient (Wildman–Crippen LogP) is -1.02. The van der Waals surface area contributed by atoms with Crippen LogP contribution >= 0.6 is 0 Å². The van der Waals surface area contributed by atoms with E-state index in [4.69, 9.17) is 21.9 Å². The Morgan fingerprint density at radius 2 is 1.85 bits per heavy atom. The van der Waals surface area contributed by atoms with Crippen LogP contribution in [0.1, 0.15) is 32.6 Å².